The number of carbonyl (C=O) groups excluding carboxylic acids is 1. The molecular formula is C11H16N2O3S. The van der Waals surface area contributed by atoms with Crippen LogP contribution >= 0.6 is 0 Å². The van der Waals surface area contributed by atoms with Crippen molar-refractivity contribution >= 4 is 15.9 Å². The van der Waals surface area contributed by atoms with Gasteiger partial charge in [-0.1, -0.05) is 24.6 Å². The Bertz CT molecular complexity index is 524. The fourth-order valence-electron chi connectivity index (χ4n) is 1.37. The molecule has 0 heterocycles. The summed E-state index contributed by atoms with van der Waals surface area (Å²) in [6.45, 7) is 5.24. The molecule has 6 heteroatoms. The summed E-state index contributed by atoms with van der Waals surface area (Å²) >= 11 is 0. The van der Waals surface area contributed by atoms with Gasteiger partial charge in [0.05, 0.1) is 4.90 Å². The van der Waals surface area contributed by atoms with Crippen LogP contribution in [0.5, 0.6) is 0 Å². The zero-order valence-electron chi connectivity index (χ0n) is 10.1. The van der Waals surface area contributed by atoms with Crippen molar-refractivity contribution in [2.45, 2.75) is 32.1 Å². The standard InChI is InChI=1S/C11H16N2O3S/c1-4-11(14)12-13-17(15,16)10-6-5-8(2)7-9(10)3/h5-7,13H,4H2,1-3H3,(H,12,14). The summed E-state index contributed by atoms with van der Waals surface area (Å²) < 4.78 is 23.7. The predicted molar refractivity (Wildman–Crippen MR) is 64.7 cm³/mol. The van der Waals surface area contributed by atoms with Crippen molar-refractivity contribution in [1.82, 2.24) is 10.3 Å². The number of benzene rings is 1. The second kappa shape index (κ2) is 5.29. The van der Waals surface area contributed by atoms with E-state index in [1.165, 1.54) is 6.07 Å². The lowest BCUT2D eigenvalue weighted by Crippen LogP contribution is -2.41. The van der Waals surface area contributed by atoms with Gasteiger partial charge in [-0.25, -0.2) is 8.42 Å². The third-order valence-electron chi connectivity index (χ3n) is 2.27. The molecule has 0 aliphatic heterocycles. The highest BCUT2D eigenvalue weighted by atomic mass is 32.2. The number of sulfonamides is 1. The zero-order chi connectivity index (χ0) is 13.1. The predicted octanol–water partition coefficient (Wildman–Crippen LogP) is 1.02. The number of amides is 1. The van der Waals surface area contributed by atoms with Gasteiger partial charge in [-0.3, -0.25) is 10.2 Å². The molecule has 0 unspecified atom stereocenters. The smallest absolute Gasteiger partial charge is 0.257 e. The topological polar surface area (TPSA) is 75.3 Å². The van der Waals surface area contributed by atoms with E-state index in [2.05, 4.69) is 10.3 Å². The Labute approximate surface area is 101 Å². The normalized spacial score (nSPS) is 11.2. The first-order valence-corrected chi connectivity index (χ1v) is 6.73. The fourth-order valence-corrected chi connectivity index (χ4v) is 2.46. The number of aryl methyl sites for hydroxylation is 2. The Hall–Kier alpha value is -1.40. The fraction of sp³-hybridized carbons (Fsp3) is 0.364. The molecule has 0 saturated carbocycles. The van der Waals surface area contributed by atoms with Gasteiger partial charge in [0.1, 0.15) is 0 Å². The molecule has 0 saturated heterocycles. The molecule has 1 rings (SSSR count). The summed E-state index contributed by atoms with van der Waals surface area (Å²) in [5.41, 5.74) is 3.76. The molecule has 5 nitrogen and oxygen atoms in total. The molecule has 0 aliphatic rings. The van der Waals surface area contributed by atoms with E-state index in [0.717, 1.165) is 5.56 Å². The number of hydrazine groups is 1. The third kappa shape index (κ3) is 3.54. The lowest BCUT2D eigenvalue weighted by atomic mass is 10.2. The molecule has 0 atom stereocenters. The highest BCUT2D eigenvalue weighted by molar-refractivity contribution is 7.89. The Morgan fingerprint density at radius 1 is 1.29 bits per heavy atom. The summed E-state index contributed by atoms with van der Waals surface area (Å²) in [7, 11) is -3.69. The molecule has 0 radical (unpaired) electrons. The van der Waals surface area contributed by atoms with Crippen molar-refractivity contribution in [1.29, 1.82) is 0 Å². The van der Waals surface area contributed by atoms with Gasteiger partial charge in [-0.15, -0.1) is 4.83 Å². The van der Waals surface area contributed by atoms with Crippen LogP contribution < -0.4 is 10.3 Å². The van der Waals surface area contributed by atoms with Crippen molar-refractivity contribution in [3.8, 4) is 0 Å². The van der Waals surface area contributed by atoms with Gasteiger partial charge in [-0.05, 0) is 25.5 Å². The average molecular weight is 256 g/mol. The maximum absolute atomic E-state index is 11.9. The van der Waals surface area contributed by atoms with Gasteiger partial charge in [0.2, 0.25) is 5.91 Å². The van der Waals surface area contributed by atoms with E-state index in [4.69, 9.17) is 0 Å². The van der Waals surface area contributed by atoms with E-state index in [-0.39, 0.29) is 17.2 Å². The van der Waals surface area contributed by atoms with Crippen LogP contribution in [0.25, 0.3) is 0 Å². The number of nitrogens with one attached hydrogen (secondary N) is 2. The Morgan fingerprint density at radius 2 is 1.94 bits per heavy atom. The van der Waals surface area contributed by atoms with Gasteiger partial charge in [-0.2, -0.15) is 0 Å². The van der Waals surface area contributed by atoms with Crippen LogP contribution in [0, 0.1) is 13.8 Å². The van der Waals surface area contributed by atoms with Crippen molar-refractivity contribution < 1.29 is 13.2 Å². The molecule has 0 aliphatic carbocycles. The minimum Gasteiger partial charge on any atom is -0.278 e. The molecule has 0 fully saturated rings. The summed E-state index contributed by atoms with van der Waals surface area (Å²) in [6, 6.07) is 5.00. The molecular weight excluding hydrogens is 240 g/mol. The van der Waals surface area contributed by atoms with E-state index in [9.17, 15) is 13.2 Å². The molecule has 2 N–H and O–H groups in total. The lowest BCUT2D eigenvalue weighted by molar-refractivity contribution is -0.121. The van der Waals surface area contributed by atoms with Gasteiger partial charge >= 0.3 is 0 Å². The first-order chi connectivity index (χ1) is 7.86. The average Bonchev–Trinajstić information content (AvgIpc) is 2.25. The Morgan fingerprint density at radius 3 is 2.47 bits per heavy atom. The highest BCUT2D eigenvalue weighted by Crippen LogP contribution is 2.15. The molecule has 0 spiro atoms. The van der Waals surface area contributed by atoms with E-state index < -0.39 is 10.0 Å². The second-order valence-electron chi connectivity index (χ2n) is 3.78. The summed E-state index contributed by atoms with van der Waals surface area (Å²) in [5, 5.41) is 0. The quantitative estimate of drug-likeness (QED) is 0.790. The van der Waals surface area contributed by atoms with E-state index in [1.807, 2.05) is 6.92 Å². The third-order valence-corrected chi connectivity index (χ3v) is 3.67. The number of carbonyl (C=O) groups is 1. The largest absolute Gasteiger partial charge is 0.278 e. The first-order valence-electron chi connectivity index (χ1n) is 5.24. The number of hydrogen-bond acceptors (Lipinski definition) is 3. The molecule has 1 aromatic rings. The monoisotopic (exact) mass is 256 g/mol. The maximum atomic E-state index is 11.9. The minimum absolute atomic E-state index is 0.166. The van der Waals surface area contributed by atoms with Crippen molar-refractivity contribution in [3.05, 3.63) is 29.3 Å². The molecule has 17 heavy (non-hydrogen) atoms. The van der Waals surface area contributed by atoms with Gasteiger partial charge in [0.15, 0.2) is 0 Å². The van der Waals surface area contributed by atoms with Crippen LogP contribution in [0.4, 0.5) is 0 Å². The van der Waals surface area contributed by atoms with E-state index >= 15 is 0 Å². The summed E-state index contributed by atoms with van der Waals surface area (Å²) in [4.78, 5) is 13.2. The second-order valence-corrected chi connectivity index (χ2v) is 5.43. The molecule has 0 aromatic heterocycles. The van der Waals surface area contributed by atoms with E-state index in [1.54, 1.807) is 26.0 Å². The molecule has 0 bridgehead atoms. The zero-order valence-corrected chi connectivity index (χ0v) is 10.9. The number of hydrogen-bond donors (Lipinski definition) is 2. The van der Waals surface area contributed by atoms with Crippen LogP contribution in [-0.2, 0) is 14.8 Å². The van der Waals surface area contributed by atoms with Crippen LogP contribution in [0.1, 0.15) is 24.5 Å². The lowest BCUT2D eigenvalue weighted by Gasteiger charge is -2.10. The summed E-state index contributed by atoms with van der Waals surface area (Å²) in [6.07, 6.45) is 0.218. The highest BCUT2D eigenvalue weighted by Gasteiger charge is 2.16. The van der Waals surface area contributed by atoms with Crippen molar-refractivity contribution in [3.63, 3.8) is 0 Å². The maximum Gasteiger partial charge on any atom is 0.257 e. The van der Waals surface area contributed by atoms with E-state index in [0.29, 0.717) is 5.56 Å². The van der Waals surface area contributed by atoms with Crippen molar-refractivity contribution in [2.24, 2.45) is 0 Å². The Balaban J connectivity index is 2.94. The van der Waals surface area contributed by atoms with Crippen LogP contribution in [0.15, 0.2) is 23.1 Å². The number of rotatable bonds is 4. The summed E-state index contributed by atoms with van der Waals surface area (Å²) in [5.74, 6) is -0.377. The van der Waals surface area contributed by atoms with Crippen LogP contribution in [0.3, 0.4) is 0 Å². The van der Waals surface area contributed by atoms with Crippen LogP contribution in [-0.4, -0.2) is 14.3 Å². The van der Waals surface area contributed by atoms with Crippen molar-refractivity contribution in [2.75, 3.05) is 0 Å². The molecule has 94 valence electrons. The SMILES string of the molecule is CCC(=O)NNS(=O)(=O)c1ccc(C)cc1C. The molecule has 1 aromatic carbocycles. The Kier molecular flexibility index (Phi) is 4.25. The van der Waals surface area contributed by atoms with Crippen LogP contribution in [0.2, 0.25) is 0 Å². The first kappa shape index (κ1) is 13.7. The van der Waals surface area contributed by atoms with Gasteiger partial charge < -0.3 is 0 Å². The van der Waals surface area contributed by atoms with Gasteiger partial charge in [0, 0.05) is 6.42 Å². The molecule has 1 amide bonds. The van der Waals surface area contributed by atoms with Gasteiger partial charge in [0.25, 0.3) is 10.0 Å². The minimum atomic E-state index is -3.69.